The van der Waals surface area contributed by atoms with E-state index in [9.17, 15) is 9.59 Å². The molecule has 34 heavy (non-hydrogen) atoms. The van der Waals surface area contributed by atoms with Crippen LogP contribution < -0.4 is 4.72 Å². The highest BCUT2D eigenvalue weighted by Gasteiger charge is 2.29. The minimum Gasteiger partial charge on any atom is -0.481 e. The van der Waals surface area contributed by atoms with Crippen LogP contribution in [0.5, 0.6) is 0 Å². The zero-order valence-corrected chi connectivity index (χ0v) is 20.6. The number of aryl methyl sites for hydroxylation is 1. The van der Waals surface area contributed by atoms with Crippen LogP contribution in [0.25, 0.3) is 10.9 Å². The highest BCUT2D eigenvalue weighted by Crippen LogP contribution is 2.28. The Kier molecular flexibility index (Phi) is 8.53. The number of carboxylic acids is 1. The van der Waals surface area contributed by atoms with E-state index in [0.29, 0.717) is 37.4 Å². The predicted octanol–water partition coefficient (Wildman–Crippen LogP) is 5.52. The lowest BCUT2D eigenvalue weighted by Gasteiger charge is -2.35. The smallest absolute Gasteiger partial charge is 0.303 e. The van der Waals surface area contributed by atoms with E-state index in [1.807, 2.05) is 59.6 Å². The largest absolute Gasteiger partial charge is 0.481 e. The van der Waals surface area contributed by atoms with Gasteiger partial charge in [-0.2, -0.15) is 0 Å². The number of amides is 1. The van der Waals surface area contributed by atoms with Gasteiger partial charge >= 0.3 is 5.97 Å². The van der Waals surface area contributed by atoms with Crippen molar-refractivity contribution >= 4 is 46.3 Å². The molecule has 180 valence electrons. The molecule has 1 aliphatic heterocycles. The summed E-state index contributed by atoms with van der Waals surface area (Å²) < 4.78 is 3.44. The molecule has 1 aromatic heterocycles. The molecular formula is C26H30ClN3O3S. The lowest BCUT2D eigenvalue weighted by Crippen LogP contribution is -2.48. The molecule has 3 aromatic rings. The number of aromatic nitrogens is 1. The summed E-state index contributed by atoms with van der Waals surface area (Å²) in [6.45, 7) is 1.33. The average molecular weight is 500 g/mol. The van der Waals surface area contributed by atoms with Crippen LogP contribution in [0.4, 0.5) is 0 Å². The summed E-state index contributed by atoms with van der Waals surface area (Å²) in [6, 6.07) is 15.5. The molecule has 4 rings (SSSR count). The van der Waals surface area contributed by atoms with Crippen molar-refractivity contribution in [1.29, 1.82) is 0 Å². The van der Waals surface area contributed by atoms with Crippen molar-refractivity contribution in [1.82, 2.24) is 14.6 Å². The van der Waals surface area contributed by atoms with Crippen molar-refractivity contribution in [2.24, 2.45) is 5.92 Å². The number of aromatic amines is 1. The minimum atomic E-state index is -0.780. The molecule has 0 saturated carbocycles. The predicted molar refractivity (Wildman–Crippen MR) is 137 cm³/mol. The first-order valence-corrected chi connectivity index (χ1v) is 12.9. The number of H-pyrrole nitrogens is 1. The molecule has 2 heterocycles. The molecular weight excluding hydrogens is 470 g/mol. The number of piperidine rings is 1. The SMILES string of the molecule is O=C(O)CCC1CCCN(C(=O)C(CCc2ccccc2Cl)NSc2cccc3[nH]ccc23)C1. The van der Waals surface area contributed by atoms with Crippen LogP contribution in [0.3, 0.4) is 0 Å². The summed E-state index contributed by atoms with van der Waals surface area (Å²) >= 11 is 7.85. The van der Waals surface area contributed by atoms with E-state index in [4.69, 9.17) is 16.7 Å². The van der Waals surface area contributed by atoms with Crippen LogP contribution in [0.2, 0.25) is 5.02 Å². The maximum absolute atomic E-state index is 13.6. The molecule has 8 heteroatoms. The van der Waals surface area contributed by atoms with Gasteiger partial charge in [0.15, 0.2) is 0 Å². The molecule has 0 bridgehead atoms. The van der Waals surface area contributed by atoms with Crippen LogP contribution >= 0.6 is 23.5 Å². The third-order valence-electron chi connectivity index (χ3n) is 6.42. The number of carbonyl (C=O) groups excluding carboxylic acids is 1. The number of aliphatic carboxylic acids is 1. The molecule has 1 aliphatic rings. The number of hydrogen-bond acceptors (Lipinski definition) is 4. The Morgan fingerprint density at radius 1 is 1.21 bits per heavy atom. The number of hydrogen-bond donors (Lipinski definition) is 3. The van der Waals surface area contributed by atoms with E-state index < -0.39 is 5.97 Å². The summed E-state index contributed by atoms with van der Waals surface area (Å²) in [5, 5.41) is 10.9. The number of fused-ring (bicyclic) bond motifs is 1. The van der Waals surface area contributed by atoms with Gasteiger partial charge in [0.2, 0.25) is 5.91 Å². The second-order valence-electron chi connectivity index (χ2n) is 8.82. The van der Waals surface area contributed by atoms with Crippen molar-refractivity contribution in [2.75, 3.05) is 13.1 Å². The van der Waals surface area contributed by atoms with Gasteiger partial charge in [0.1, 0.15) is 0 Å². The second kappa shape index (κ2) is 11.8. The van der Waals surface area contributed by atoms with Crippen molar-refractivity contribution in [2.45, 2.75) is 49.5 Å². The van der Waals surface area contributed by atoms with Gasteiger partial charge in [0.25, 0.3) is 0 Å². The second-order valence-corrected chi connectivity index (χ2v) is 10.1. The van der Waals surface area contributed by atoms with Gasteiger partial charge in [-0.1, -0.05) is 35.9 Å². The summed E-state index contributed by atoms with van der Waals surface area (Å²) in [4.78, 5) is 30.8. The van der Waals surface area contributed by atoms with E-state index in [1.165, 1.54) is 11.9 Å². The normalized spacial score (nSPS) is 17.1. The van der Waals surface area contributed by atoms with Gasteiger partial charge in [-0.3, -0.25) is 9.59 Å². The Morgan fingerprint density at radius 2 is 2.06 bits per heavy atom. The Balaban J connectivity index is 1.46. The van der Waals surface area contributed by atoms with Crippen molar-refractivity contribution in [3.05, 3.63) is 65.3 Å². The fourth-order valence-electron chi connectivity index (χ4n) is 4.56. The quantitative estimate of drug-likeness (QED) is 0.320. The summed E-state index contributed by atoms with van der Waals surface area (Å²) in [5.41, 5.74) is 2.09. The van der Waals surface area contributed by atoms with E-state index in [2.05, 4.69) is 9.71 Å². The fraction of sp³-hybridized carbons (Fsp3) is 0.385. The maximum atomic E-state index is 13.6. The number of halogens is 1. The Morgan fingerprint density at radius 3 is 2.88 bits per heavy atom. The first kappa shape index (κ1) is 24.6. The number of likely N-dealkylation sites (tertiary alicyclic amines) is 1. The molecule has 3 N–H and O–H groups in total. The lowest BCUT2D eigenvalue weighted by atomic mass is 9.92. The van der Waals surface area contributed by atoms with Gasteiger partial charge < -0.3 is 15.0 Å². The standard InChI is InChI=1S/C26H30ClN3O3S/c27-21-7-2-1-6-19(21)11-12-23(29-34-24-9-3-8-22-20(24)14-15-28-22)26(33)30-16-4-5-18(17-30)10-13-25(31)32/h1-3,6-9,14-15,18,23,28-29H,4-5,10-13,16-17H2,(H,31,32). The molecule has 1 fully saturated rings. The molecule has 2 aromatic carbocycles. The molecule has 0 aliphatic carbocycles. The number of carbonyl (C=O) groups is 2. The first-order chi connectivity index (χ1) is 16.5. The molecule has 0 radical (unpaired) electrons. The van der Waals surface area contributed by atoms with Crippen LogP contribution in [0.15, 0.2) is 59.6 Å². The van der Waals surface area contributed by atoms with Gasteiger partial charge in [0.05, 0.1) is 6.04 Å². The monoisotopic (exact) mass is 499 g/mol. The van der Waals surface area contributed by atoms with Crippen molar-refractivity contribution < 1.29 is 14.7 Å². The zero-order chi connectivity index (χ0) is 23.9. The Hall–Kier alpha value is -2.48. The van der Waals surface area contributed by atoms with Gasteiger partial charge in [-0.25, -0.2) is 4.72 Å². The third-order valence-corrected chi connectivity index (χ3v) is 7.77. The summed E-state index contributed by atoms with van der Waals surface area (Å²) in [5.74, 6) is -0.474. The van der Waals surface area contributed by atoms with Crippen LogP contribution in [0.1, 0.15) is 37.7 Å². The topological polar surface area (TPSA) is 85.4 Å². The highest BCUT2D eigenvalue weighted by molar-refractivity contribution is 7.97. The minimum absolute atomic E-state index is 0.0702. The number of carboxylic acid groups (broad SMARTS) is 1. The fourth-order valence-corrected chi connectivity index (χ4v) is 5.72. The molecule has 1 amide bonds. The molecule has 2 unspecified atom stereocenters. The van der Waals surface area contributed by atoms with E-state index in [1.54, 1.807) is 0 Å². The zero-order valence-electron chi connectivity index (χ0n) is 19.0. The van der Waals surface area contributed by atoms with E-state index in [0.717, 1.165) is 34.2 Å². The highest BCUT2D eigenvalue weighted by atomic mass is 35.5. The maximum Gasteiger partial charge on any atom is 0.303 e. The van der Waals surface area contributed by atoms with Gasteiger partial charge in [0, 0.05) is 46.5 Å². The van der Waals surface area contributed by atoms with E-state index >= 15 is 0 Å². The number of nitrogens with zero attached hydrogens (tertiary/aromatic N) is 1. The molecule has 2 atom stereocenters. The van der Waals surface area contributed by atoms with Crippen molar-refractivity contribution in [3.63, 3.8) is 0 Å². The average Bonchev–Trinajstić information content (AvgIpc) is 3.33. The Labute approximate surface area is 209 Å². The van der Waals surface area contributed by atoms with Crippen LogP contribution in [-0.2, 0) is 16.0 Å². The Bertz CT molecular complexity index is 1140. The molecule has 0 spiro atoms. The van der Waals surface area contributed by atoms with Gasteiger partial charge in [-0.05, 0) is 79.8 Å². The van der Waals surface area contributed by atoms with Crippen LogP contribution in [-0.4, -0.2) is 46.0 Å². The molecule has 1 saturated heterocycles. The third kappa shape index (κ3) is 6.34. The number of nitrogens with one attached hydrogen (secondary N) is 2. The van der Waals surface area contributed by atoms with Crippen LogP contribution in [0, 0.1) is 5.92 Å². The lowest BCUT2D eigenvalue weighted by molar-refractivity contribution is -0.137. The number of rotatable bonds is 10. The van der Waals surface area contributed by atoms with E-state index in [-0.39, 0.29) is 24.3 Å². The first-order valence-electron chi connectivity index (χ1n) is 11.7. The molecule has 6 nitrogen and oxygen atoms in total. The summed E-state index contributed by atoms with van der Waals surface area (Å²) in [7, 11) is 0. The number of benzene rings is 2. The van der Waals surface area contributed by atoms with Gasteiger partial charge in [-0.15, -0.1) is 0 Å². The summed E-state index contributed by atoms with van der Waals surface area (Å²) in [6.07, 6.45) is 5.86. The van der Waals surface area contributed by atoms with Crippen molar-refractivity contribution in [3.8, 4) is 0 Å².